The number of hydrogen-bond donors (Lipinski definition) is 2. The lowest BCUT2D eigenvalue weighted by molar-refractivity contribution is 0.601. The lowest BCUT2D eigenvalue weighted by Crippen LogP contribution is -2.13. The Balaban J connectivity index is 0.00000240. The van der Waals surface area contributed by atoms with Crippen molar-refractivity contribution < 1.29 is 8.42 Å². The van der Waals surface area contributed by atoms with Crippen LogP contribution in [0.2, 0.25) is 0 Å². The minimum Gasteiger partial charge on any atom is -0.340 e. The van der Waals surface area contributed by atoms with Crippen molar-refractivity contribution in [3.63, 3.8) is 0 Å². The SMILES string of the molecule is Cl.O=S(=O)(Nc1ccccn1)c1ccc(Nc2ncnc3ccc(Br)cc23)cc1. The third-order valence-electron chi connectivity index (χ3n) is 3.93. The van der Waals surface area contributed by atoms with Gasteiger partial charge in [-0.2, -0.15) is 0 Å². The summed E-state index contributed by atoms with van der Waals surface area (Å²) >= 11 is 3.45. The second-order valence-electron chi connectivity index (χ2n) is 5.85. The number of benzene rings is 2. The van der Waals surface area contributed by atoms with Gasteiger partial charge in [0.25, 0.3) is 10.0 Å². The van der Waals surface area contributed by atoms with Crippen LogP contribution in [0.15, 0.2) is 82.6 Å². The first-order valence-corrected chi connectivity index (χ1v) is 10.5. The van der Waals surface area contributed by atoms with Gasteiger partial charge in [-0.15, -0.1) is 12.4 Å². The summed E-state index contributed by atoms with van der Waals surface area (Å²) in [6.07, 6.45) is 3.00. The molecular formula is C19H15BrClN5O2S. The molecule has 0 atom stereocenters. The highest BCUT2D eigenvalue weighted by atomic mass is 79.9. The van der Waals surface area contributed by atoms with Crippen LogP contribution in [-0.4, -0.2) is 23.4 Å². The van der Waals surface area contributed by atoms with Crippen LogP contribution in [0.1, 0.15) is 0 Å². The number of anilines is 3. The first-order chi connectivity index (χ1) is 13.5. The second kappa shape index (κ2) is 8.73. The van der Waals surface area contributed by atoms with Crippen molar-refractivity contribution in [1.29, 1.82) is 0 Å². The zero-order valence-electron chi connectivity index (χ0n) is 14.8. The predicted octanol–water partition coefficient (Wildman–Crippen LogP) is 4.75. The molecule has 2 aromatic carbocycles. The molecule has 7 nitrogen and oxygen atoms in total. The van der Waals surface area contributed by atoms with Crippen molar-refractivity contribution >= 4 is 66.6 Å². The number of nitrogens with zero attached hydrogens (tertiary/aromatic N) is 3. The highest BCUT2D eigenvalue weighted by molar-refractivity contribution is 9.10. The van der Waals surface area contributed by atoms with Gasteiger partial charge in [0.1, 0.15) is 18.0 Å². The van der Waals surface area contributed by atoms with E-state index in [0.717, 1.165) is 15.4 Å². The van der Waals surface area contributed by atoms with Gasteiger partial charge in [0.2, 0.25) is 0 Å². The van der Waals surface area contributed by atoms with Crippen molar-refractivity contribution in [3.05, 3.63) is 77.7 Å². The number of rotatable bonds is 5. The third-order valence-corrected chi connectivity index (χ3v) is 5.79. The maximum atomic E-state index is 12.5. The summed E-state index contributed by atoms with van der Waals surface area (Å²) in [6, 6.07) is 17.1. The molecule has 29 heavy (non-hydrogen) atoms. The second-order valence-corrected chi connectivity index (χ2v) is 8.45. The minimum atomic E-state index is -3.72. The van der Waals surface area contributed by atoms with E-state index in [1.54, 1.807) is 30.3 Å². The molecule has 0 bridgehead atoms. The molecule has 0 spiro atoms. The van der Waals surface area contributed by atoms with Crippen molar-refractivity contribution in [2.75, 3.05) is 10.0 Å². The number of halogens is 2. The minimum absolute atomic E-state index is 0. The number of aromatic nitrogens is 3. The molecule has 0 saturated carbocycles. The van der Waals surface area contributed by atoms with Gasteiger partial charge in [0, 0.05) is 21.7 Å². The van der Waals surface area contributed by atoms with Crippen LogP contribution in [-0.2, 0) is 10.0 Å². The Kier molecular flexibility index (Phi) is 6.31. The van der Waals surface area contributed by atoms with Crippen LogP contribution in [0.25, 0.3) is 10.9 Å². The van der Waals surface area contributed by atoms with E-state index in [-0.39, 0.29) is 23.1 Å². The van der Waals surface area contributed by atoms with Crippen molar-refractivity contribution in [2.45, 2.75) is 4.90 Å². The predicted molar refractivity (Wildman–Crippen MR) is 119 cm³/mol. The molecule has 0 aliphatic heterocycles. The molecule has 0 saturated heterocycles. The van der Waals surface area contributed by atoms with Gasteiger partial charge in [-0.1, -0.05) is 22.0 Å². The lowest BCUT2D eigenvalue weighted by atomic mass is 10.2. The third kappa shape index (κ3) is 4.81. The highest BCUT2D eigenvalue weighted by Gasteiger charge is 2.14. The van der Waals surface area contributed by atoms with Gasteiger partial charge in [0.05, 0.1) is 10.4 Å². The van der Waals surface area contributed by atoms with E-state index < -0.39 is 10.0 Å². The molecule has 2 heterocycles. The van der Waals surface area contributed by atoms with Gasteiger partial charge in [-0.25, -0.2) is 23.4 Å². The fraction of sp³-hybridized carbons (Fsp3) is 0. The first-order valence-electron chi connectivity index (χ1n) is 8.22. The highest BCUT2D eigenvalue weighted by Crippen LogP contribution is 2.26. The van der Waals surface area contributed by atoms with Crippen molar-refractivity contribution in [2.24, 2.45) is 0 Å². The molecule has 4 rings (SSSR count). The summed E-state index contributed by atoms with van der Waals surface area (Å²) in [5, 5.41) is 4.06. The number of pyridine rings is 1. The van der Waals surface area contributed by atoms with Crippen molar-refractivity contribution in [3.8, 4) is 0 Å². The lowest BCUT2D eigenvalue weighted by Gasteiger charge is -2.10. The smallest absolute Gasteiger partial charge is 0.263 e. The summed E-state index contributed by atoms with van der Waals surface area (Å²) in [5.41, 5.74) is 1.51. The molecule has 0 radical (unpaired) electrons. The molecule has 10 heteroatoms. The zero-order chi connectivity index (χ0) is 19.6. The molecule has 0 amide bonds. The topological polar surface area (TPSA) is 96.9 Å². The van der Waals surface area contributed by atoms with E-state index in [0.29, 0.717) is 11.5 Å². The Bertz CT molecular complexity index is 1240. The number of sulfonamides is 1. The molecule has 148 valence electrons. The summed E-state index contributed by atoms with van der Waals surface area (Å²) in [6.45, 7) is 0. The van der Waals surface area contributed by atoms with Gasteiger partial charge in [-0.3, -0.25) is 4.72 Å². The van der Waals surface area contributed by atoms with Crippen molar-refractivity contribution in [1.82, 2.24) is 15.0 Å². The molecule has 0 unspecified atom stereocenters. The summed E-state index contributed by atoms with van der Waals surface area (Å²) < 4.78 is 28.3. The van der Waals surface area contributed by atoms with Crippen LogP contribution < -0.4 is 10.0 Å². The van der Waals surface area contributed by atoms with Crippen LogP contribution in [0.5, 0.6) is 0 Å². The average Bonchev–Trinajstić information content (AvgIpc) is 2.69. The van der Waals surface area contributed by atoms with Gasteiger partial charge in [-0.05, 0) is 54.6 Å². The Hall–Kier alpha value is -2.75. The van der Waals surface area contributed by atoms with Crippen LogP contribution in [0.4, 0.5) is 17.3 Å². The van der Waals surface area contributed by atoms with E-state index in [4.69, 9.17) is 0 Å². The normalized spacial score (nSPS) is 10.9. The van der Waals surface area contributed by atoms with E-state index >= 15 is 0 Å². The number of nitrogens with one attached hydrogen (secondary N) is 2. The van der Waals surface area contributed by atoms with E-state index in [1.807, 2.05) is 18.2 Å². The standard InChI is InChI=1S/C19H14BrN5O2S.ClH/c20-13-4-9-17-16(11-13)19(23-12-22-17)24-14-5-7-15(8-6-14)28(26,27)25-18-3-1-2-10-21-18;/h1-12H,(H,21,25)(H,22,23,24);1H. The zero-order valence-corrected chi connectivity index (χ0v) is 18.0. The Morgan fingerprint density at radius 2 is 1.69 bits per heavy atom. The van der Waals surface area contributed by atoms with Crippen LogP contribution >= 0.6 is 28.3 Å². The number of fused-ring (bicyclic) bond motifs is 1. The Morgan fingerprint density at radius 1 is 0.897 bits per heavy atom. The number of hydrogen-bond acceptors (Lipinski definition) is 6. The Labute approximate surface area is 182 Å². The summed E-state index contributed by atoms with van der Waals surface area (Å²) in [7, 11) is -3.72. The molecule has 0 aliphatic rings. The quantitative estimate of drug-likeness (QED) is 0.417. The fourth-order valence-electron chi connectivity index (χ4n) is 2.60. The fourth-order valence-corrected chi connectivity index (χ4v) is 3.97. The maximum Gasteiger partial charge on any atom is 0.263 e. The maximum absolute atomic E-state index is 12.5. The average molecular weight is 493 g/mol. The molecular weight excluding hydrogens is 478 g/mol. The largest absolute Gasteiger partial charge is 0.340 e. The van der Waals surface area contributed by atoms with E-state index in [1.165, 1.54) is 24.7 Å². The van der Waals surface area contributed by atoms with Gasteiger partial charge < -0.3 is 5.32 Å². The van der Waals surface area contributed by atoms with E-state index in [9.17, 15) is 8.42 Å². The molecule has 0 fully saturated rings. The summed E-state index contributed by atoms with van der Waals surface area (Å²) in [5.74, 6) is 0.899. The molecule has 2 aromatic heterocycles. The van der Waals surface area contributed by atoms with Crippen LogP contribution in [0, 0.1) is 0 Å². The summed E-state index contributed by atoms with van der Waals surface area (Å²) in [4.78, 5) is 12.7. The van der Waals surface area contributed by atoms with E-state index in [2.05, 4.69) is 40.9 Å². The van der Waals surface area contributed by atoms with Gasteiger partial charge in [0.15, 0.2) is 0 Å². The first kappa shape index (κ1) is 21.0. The Morgan fingerprint density at radius 3 is 2.41 bits per heavy atom. The molecule has 4 aromatic rings. The van der Waals surface area contributed by atoms with Crippen LogP contribution in [0.3, 0.4) is 0 Å². The van der Waals surface area contributed by atoms with Gasteiger partial charge >= 0.3 is 0 Å². The monoisotopic (exact) mass is 491 g/mol. The molecule has 2 N–H and O–H groups in total. The molecule has 0 aliphatic carbocycles.